The molecule has 1 rings (SSSR count). The first-order chi connectivity index (χ1) is 8.39. The summed E-state index contributed by atoms with van der Waals surface area (Å²) in [6.07, 6.45) is 17.2. The van der Waals surface area contributed by atoms with Crippen molar-refractivity contribution in [1.29, 1.82) is 0 Å². The number of hydrogen-bond donors (Lipinski definition) is 0. The standard InChI is InChI=1S/C16H30O/c1-16-12-8-4-2-3-6-10-14-17-15-11-7-5-9-13-16/h12H,2-11,13-15H2,1H3/b16-12+. The van der Waals surface area contributed by atoms with Crippen molar-refractivity contribution < 1.29 is 4.74 Å². The number of rotatable bonds is 0. The van der Waals surface area contributed by atoms with Crippen LogP contribution in [-0.4, -0.2) is 13.2 Å². The molecule has 0 amide bonds. The maximum atomic E-state index is 5.64. The third kappa shape index (κ3) is 9.41. The summed E-state index contributed by atoms with van der Waals surface area (Å²) in [5.74, 6) is 0. The van der Waals surface area contributed by atoms with Crippen molar-refractivity contribution in [3.8, 4) is 0 Å². The van der Waals surface area contributed by atoms with Gasteiger partial charge >= 0.3 is 0 Å². The summed E-state index contributed by atoms with van der Waals surface area (Å²) in [7, 11) is 0. The largest absolute Gasteiger partial charge is 0.381 e. The maximum Gasteiger partial charge on any atom is 0.0466 e. The van der Waals surface area contributed by atoms with Crippen LogP contribution in [-0.2, 0) is 4.74 Å². The van der Waals surface area contributed by atoms with Gasteiger partial charge in [0.2, 0.25) is 0 Å². The van der Waals surface area contributed by atoms with Crippen LogP contribution in [0.1, 0.15) is 77.6 Å². The molecule has 0 saturated carbocycles. The molecule has 0 aliphatic carbocycles. The number of hydrogen-bond acceptors (Lipinski definition) is 1. The zero-order valence-electron chi connectivity index (χ0n) is 11.7. The van der Waals surface area contributed by atoms with Crippen LogP contribution in [0.2, 0.25) is 0 Å². The molecule has 0 aromatic carbocycles. The second-order valence-corrected chi connectivity index (χ2v) is 5.38. The van der Waals surface area contributed by atoms with Gasteiger partial charge in [-0.2, -0.15) is 0 Å². The predicted molar refractivity (Wildman–Crippen MR) is 75.4 cm³/mol. The van der Waals surface area contributed by atoms with Crippen LogP contribution < -0.4 is 0 Å². The van der Waals surface area contributed by atoms with E-state index >= 15 is 0 Å². The first kappa shape index (κ1) is 14.8. The smallest absolute Gasteiger partial charge is 0.0466 e. The Morgan fingerprint density at radius 2 is 1.35 bits per heavy atom. The minimum absolute atomic E-state index is 0.981. The first-order valence-corrected chi connectivity index (χ1v) is 7.63. The summed E-state index contributed by atoms with van der Waals surface area (Å²) in [4.78, 5) is 0. The van der Waals surface area contributed by atoms with Gasteiger partial charge in [-0.1, -0.05) is 43.8 Å². The van der Waals surface area contributed by atoms with Crippen molar-refractivity contribution in [2.45, 2.75) is 77.6 Å². The average molecular weight is 238 g/mol. The highest BCUT2D eigenvalue weighted by atomic mass is 16.5. The second-order valence-electron chi connectivity index (χ2n) is 5.38. The quantitative estimate of drug-likeness (QED) is 0.523. The van der Waals surface area contributed by atoms with E-state index in [1.807, 2.05) is 0 Å². The van der Waals surface area contributed by atoms with Crippen molar-refractivity contribution in [1.82, 2.24) is 0 Å². The molecule has 0 fully saturated rings. The normalized spacial score (nSPS) is 26.1. The van der Waals surface area contributed by atoms with E-state index in [2.05, 4.69) is 13.0 Å². The fraction of sp³-hybridized carbons (Fsp3) is 0.875. The van der Waals surface area contributed by atoms with E-state index in [-0.39, 0.29) is 0 Å². The van der Waals surface area contributed by atoms with Gasteiger partial charge < -0.3 is 4.74 Å². The van der Waals surface area contributed by atoms with E-state index in [9.17, 15) is 0 Å². The Hall–Kier alpha value is -0.300. The van der Waals surface area contributed by atoms with Crippen molar-refractivity contribution in [3.05, 3.63) is 11.6 Å². The minimum atomic E-state index is 0.981. The Balaban J connectivity index is 2.18. The summed E-state index contributed by atoms with van der Waals surface area (Å²) in [5, 5.41) is 0. The molecule has 0 aromatic rings. The molecule has 0 aromatic heterocycles. The van der Waals surface area contributed by atoms with E-state index in [4.69, 9.17) is 4.74 Å². The lowest BCUT2D eigenvalue weighted by molar-refractivity contribution is 0.125. The maximum absolute atomic E-state index is 5.64. The molecule has 1 heteroatoms. The molecule has 0 N–H and O–H groups in total. The molecule has 0 radical (unpaired) electrons. The van der Waals surface area contributed by atoms with E-state index in [0.29, 0.717) is 0 Å². The van der Waals surface area contributed by atoms with Crippen LogP contribution in [0.15, 0.2) is 11.6 Å². The van der Waals surface area contributed by atoms with Gasteiger partial charge in [0.15, 0.2) is 0 Å². The molecule has 0 unspecified atom stereocenters. The van der Waals surface area contributed by atoms with Crippen LogP contribution in [0.5, 0.6) is 0 Å². The van der Waals surface area contributed by atoms with Crippen LogP contribution in [0.3, 0.4) is 0 Å². The van der Waals surface area contributed by atoms with Crippen molar-refractivity contribution in [2.75, 3.05) is 13.2 Å². The zero-order valence-corrected chi connectivity index (χ0v) is 11.7. The van der Waals surface area contributed by atoms with Gasteiger partial charge in [-0.3, -0.25) is 0 Å². The van der Waals surface area contributed by atoms with E-state index < -0.39 is 0 Å². The first-order valence-electron chi connectivity index (χ1n) is 7.63. The lowest BCUT2D eigenvalue weighted by Gasteiger charge is -2.06. The van der Waals surface area contributed by atoms with E-state index in [1.54, 1.807) is 5.57 Å². The van der Waals surface area contributed by atoms with Gasteiger partial charge in [0.1, 0.15) is 0 Å². The van der Waals surface area contributed by atoms with E-state index in [0.717, 1.165) is 13.2 Å². The fourth-order valence-electron chi connectivity index (χ4n) is 2.39. The van der Waals surface area contributed by atoms with Crippen molar-refractivity contribution in [2.24, 2.45) is 0 Å². The van der Waals surface area contributed by atoms with Crippen LogP contribution in [0.25, 0.3) is 0 Å². The van der Waals surface area contributed by atoms with Crippen molar-refractivity contribution >= 4 is 0 Å². The van der Waals surface area contributed by atoms with Crippen LogP contribution in [0.4, 0.5) is 0 Å². The Labute approximate surface area is 108 Å². The second kappa shape index (κ2) is 10.8. The molecule has 1 aliphatic heterocycles. The topological polar surface area (TPSA) is 9.23 Å². The van der Waals surface area contributed by atoms with E-state index in [1.165, 1.54) is 70.6 Å². The lowest BCUT2D eigenvalue weighted by Crippen LogP contribution is -1.97. The van der Waals surface area contributed by atoms with Gasteiger partial charge in [0, 0.05) is 13.2 Å². The molecule has 17 heavy (non-hydrogen) atoms. The van der Waals surface area contributed by atoms with Gasteiger partial charge in [-0.05, 0) is 45.4 Å². The zero-order chi connectivity index (χ0) is 12.2. The summed E-state index contributed by atoms with van der Waals surface area (Å²) < 4.78 is 5.64. The lowest BCUT2D eigenvalue weighted by atomic mass is 10.0. The highest BCUT2D eigenvalue weighted by molar-refractivity contribution is 4.97. The molecular formula is C16H30O. The van der Waals surface area contributed by atoms with Gasteiger partial charge in [0.05, 0.1) is 0 Å². The Kier molecular flexibility index (Phi) is 9.40. The summed E-state index contributed by atoms with van der Waals surface area (Å²) in [6, 6.07) is 0. The molecule has 1 aliphatic rings. The molecule has 0 atom stereocenters. The van der Waals surface area contributed by atoms with Gasteiger partial charge in [-0.25, -0.2) is 0 Å². The Morgan fingerprint density at radius 1 is 0.765 bits per heavy atom. The molecule has 0 bridgehead atoms. The van der Waals surface area contributed by atoms with Gasteiger partial charge in [0.25, 0.3) is 0 Å². The summed E-state index contributed by atoms with van der Waals surface area (Å²) in [6.45, 7) is 4.26. The predicted octanol–water partition coefficient (Wildman–Crippen LogP) is 5.25. The third-order valence-electron chi connectivity index (χ3n) is 3.60. The molecule has 100 valence electrons. The summed E-state index contributed by atoms with van der Waals surface area (Å²) >= 11 is 0. The monoisotopic (exact) mass is 238 g/mol. The van der Waals surface area contributed by atoms with Crippen LogP contribution >= 0.6 is 0 Å². The van der Waals surface area contributed by atoms with Gasteiger partial charge in [-0.15, -0.1) is 0 Å². The van der Waals surface area contributed by atoms with Crippen LogP contribution in [0, 0.1) is 0 Å². The molecule has 0 saturated heterocycles. The number of ether oxygens (including phenoxy) is 1. The minimum Gasteiger partial charge on any atom is -0.381 e. The average Bonchev–Trinajstić information content (AvgIpc) is 2.32. The molecule has 1 nitrogen and oxygen atoms in total. The highest BCUT2D eigenvalue weighted by Gasteiger charge is 1.96. The SMILES string of the molecule is C/C1=C\CCCCCCCOCCCCCC1. The molecular weight excluding hydrogens is 208 g/mol. The third-order valence-corrected chi connectivity index (χ3v) is 3.60. The highest BCUT2D eigenvalue weighted by Crippen LogP contribution is 2.13. The molecule has 0 spiro atoms. The fourth-order valence-corrected chi connectivity index (χ4v) is 2.39. The van der Waals surface area contributed by atoms with Crippen molar-refractivity contribution in [3.63, 3.8) is 0 Å². The number of allylic oxidation sites excluding steroid dienone is 2. The summed E-state index contributed by atoms with van der Waals surface area (Å²) in [5.41, 5.74) is 1.60. The molecule has 1 heterocycles. The Morgan fingerprint density at radius 3 is 2.12 bits per heavy atom. The Bertz CT molecular complexity index is 196.